The molecular formula is C22H21ClN4O2S2. The third kappa shape index (κ3) is 3.81. The van der Waals surface area contributed by atoms with Crippen LogP contribution in [0.25, 0.3) is 21.7 Å². The standard InChI is InChI=1S/C22H21ClN4O2S2/c1-12-13(2)31-20-18(12)21(28)27(14-7-3-4-8-14)22(24-20)30-11-17-25-26-19(29-17)15-9-5-6-10-16(15)23/h5-6,9-10,14H,3-4,7-8,11H2,1-2H3. The zero-order valence-corrected chi connectivity index (χ0v) is 19.6. The van der Waals surface area contributed by atoms with Gasteiger partial charge in [-0.3, -0.25) is 9.36 Å². The van der Waals surface area contributed by atoms with Gasteiger partial charge in [-0.15, -0.1) is 21.5 Å². The molecule has 0 radical (unpaired) electrons. The van der Waals surface area contributed by atoms with Crippen molar-refractivity contribution in [2.24, 2.45) is 0 Å². The minimum absolute atomic E-state index is 0.0727. The van der Waals surface area contributed by atoms with Gasteiger partial charge in [-0.05, 0) is 44.4 Å². The Morgan fingerprint density at radius 2 is 2.00 bits per heavy atom. The van der Waals surface area contributed by atoms with Crippen LogP contribution in [0.2, 0.25) is 5.02 Å². The van der Waals surface area contributed by atoms with Gasteiger partial charge in [0.25, 0.3) is 5.56 Å². The Bertz CT molecular complexity index is 1320. The summed E-state index contributed by atoms with van der Waals surface area (Å²) < 4.78 is 7.75. The zero-order chi connectivity index (χ0) is 21.5. The third-order valence-corrected chi connectivity index (χ3v) is 8.16. The molecule has 0 saturated heterocycles. The van der Waals surface area contributed by atoms with E-state index in [4.69, 9.17) is 21.0 Å². The molecule has 0 unspecified atom stereocenters. The minimum Gasteiger partial charge on any atom is -0.420 e. The van der Waals surface area contributed by atoms with Crippen molar-refractivity contribution < 1.29 is 4.42 Å². The molecule has 1 aromatic carbocycles. The van der Waals surface area contributed by atoms with Crippen molar-refractivity contribution in [2.75, 3.05) is 0 Å². The van der Waals surface area contributed by atoms with Crippen molar-refractivity contribution in [1.29, 1.82) is 0 Å². The van der Waals surface area contributed by atoms with E-state index in [-0.39, 0.29) is 11.6 Å². The van der Waals surface area contributed by atoms with Crippen LogP contribution in [0.5, 0.6) is 0 Å². The number of halogens is 1. The average molecular weight is 473 g/mol. The number of nitrogens with zero attached hydrogens (tertiary/aromatic N) is 4. The highest BCUT2D eigenvalue weighted by Gasteiger charge is 2.25. The highest BCUT2D eigenvalue weighted by atomic mass is 35.5. The van der Waals surface area contributed by atoms with Crippen LogP contribution in [-0.2, 0) is 5.75 Å². The maximum absolute atomic E-state index is 13.5. The summed E-state index contributed by atoms with van der Waals surface area (Å²) in [6, 6.07) is 7.58. The van der Waals surface area contributed by atoms with Crippen molar-refractivity contribution in [3.63, 3.8) is 0 Å². The summed E-state index contributed by atoms with van der Waals surface area (Å²) in [5, 5.41) is 10.4. The van der Waals surface area contributed by atoms with Gasteiger partial charge >= 0.3 is 0 Å². The normalized spacial score (nSPS) is 14.7. The Balaban J connectivity index is 1.48. The van der Waals surface area contributed by atoms with Gasteiger partial charge in [-0.1, -0.05) is 48.3 Å². The Kier molecular flexibility index (Phi) is 5.62. The predicted octanol–water partition coefficient (Wildman–Crippen LogP) is 6.19. The Morgan fingerprint density at radius 1 is 1.23 bits per heavy atom. The SMILES string of the molecule is Cc1sc2nc(SCc3nnc(-c4ccccc4Cl)o3)n(C3CCCC3)c(=O)c2c1C. The molecule has 0 spiro atoms. The van der Waals surface area contributed by atoms with Gasteiger partial charge in [0.2, 0.25) is 11.8 Å². The lowest BCUT2D eigenvalue weighted by molar-refractivity contribution is 0.457. The first-order valence-corrected chi connectivity index (χ1v) is 12.4. The van der Waals surface area contributed by atoms with Crippen molar-refractivity contribution in [3.8, 4) is 11.5 Å². The summed E-state index contributed by atoms with van der Waals surface area (Å²) in [6.45, 7) is 4.06. The minimum atomic E-state index is 0.0727. The molecule has 6 nitrogen and oxygen atoms in total. The lowest BCUT2D eigenvalue weighted by Crippen LogP contribution is -2.26. The first-order chi connectivity index (χ1) is 15.0. The van der Waals surface area contributed by atoms with Crippen LogP contribution in [0.1, 0.15) is 48.1 Å². The quantitative estimate of drug-likeness (QED) is 0.255. The van der Waals surface area contributed by atoms with Crippen LogP contribution in [0.4, 0.5) is 0 Å². The number of thiophene rings is 1. The fourth-order valence-corrected chi connectivity index (χ4v) is 6.25. The van der Waals surface area contributed by atoms with E-state index in [1.807, 2.05) is 36.6 Å². The van der Waals surface area contributed by atoms with E-state index in [0.717, 1.165) is 51.5 Å². The molecule has 160 valence electrons. The number of benzene rings is 1. The maximum atomic E-state index is 13.5. The largest absolute Gasteiger partial charge is 0.420 e. The smallest absolute Gasteiger partial charge is 0.263 e. The van der Waals surface area contributed by atoms with E-state index in [1.54, 1.807) is 17.4 Å². The average Bonchev–Trinajstić information content (AvgIpc) is 3.49. The molecule has 0 N–H and O–H groups in total. The second-order valence-corrected chi connectivity index (χ2v) is 10.3. The fraction of sp³-hybridized carbons (Fsp3) is 0.364. The molecule has 1 fully saturated rings. The van der Waals surface area contributed by atoms with E-state index in [2.05, 4.69) is 10.2 Å². The van der Waals surface area contributed by atoms with Gasteiger partial charge in [0.1, 0.15) is 4.83 Å². The molecule has 0 aliphatic heterocycles. The van der Waals surface area contributed by atoms with Crippen molar-refractivity contribution in [1.82, 2.24) is 19.7 Å². The molecule has 4 aromatic rings. The van der Waals surface area contributed by atoms with Crippen molar-refractivity contribution in [2.45, 2.75) is 56.5 Å². The first-order valence-electron chi connectivity index (χ1n) is 10.2. The summed E-state index contributed by atoms with van der Waals surface area (Å²) in [4.78, 5) is 20.3. The lowest BCUT2D eigenvalue weighted by atomic mass is 10.2. The Labute approximate surface area is 192 Å². The van der Waals surface area contributed by atoms with E-state index < -0.39 is 0 Å². The molecule has 5 rings (SSSR count). The molecule has 0 atom stereocenters. The van der Waals surface area contributed by atoms with Crippen LogP contribution >= 0.6 is 34.7 Å². The number of aryl methyl sites for hydroxylation is 2. The second-order valence-electron chi connectivity index (χ2n) is 7.74. The Morgan fingerprint density at radius 3 is 2.77 bits per heavy atom. The molecule has 1 aliphatic carbocycles. The van der Waals surface area contributed by atoms with Gasteiger partial charge < -0.3 is 4.42 Å². The highest BCUT2D eigenvalue weighted by molar-refractivity contribution is 7.98. The molecule has 1 saturated carbocycles. The summed E-state index contributed by atoms with van der Waals surface area (Å²) in [7, 11) is 0. The predicted molar refractivity (Wildman–Crippen MR) is 125 cm³/mol. The number of fused-ring (bicyclic) bond motifs is 1. The van der Waals surface area contributed by atoms with Crippen LogP contribution in [0, 0.1) is 13.8 Å². The molecule has 3 aromatic heterocycles. The third-order valence-electron chi connectivity index (χ3n) is 5.79. The lowest BCUT2D eigenvalue weighted by Gasteiger charge is -2.17. The molecular weight excluding hydrogens is 452 g/mol. The van der Waals surface area contributed by atoms with Crippen LogP contribution in [-0.4, -0.2) is 19.7 Å². The number of aromatic nitrogens is 4. The zero-order valence-electron chi connectivity index (χ0n) is 17.2. The topological polar surface area (TPSA) is 73.8 Å². The van der Waals surface area contributed by atoms with E-state index in [0.29, 0.717) is 28.1 Å². The van der Waals surface area contributed by atoms with Crippen LogP contribution in [0.3, 0.4) is 0 Å². The molecule has 0 bridgehead atoms. The van der Waals surface area contributed by atoms with Crippen LogP contribution in [0.15, 0.2) is 38.6 Å². The van der Waals surface area contributed by atoms with Crippen LogP contribution < -0.4 is 5.56 Å². The number of hydrogen-bond donors (Lipinski definition) is 0. The molecule has 9 heteroatoms. The van der Waals surface area contributed by atoms with Gasteiger partial charge in [0, 0.05) is 10.9 Å². The molecule has 0 amide bonds. The number of thioether (sulfide) groups is 1. The van der Waals surface area contributed by atoms with Gasteiger partial charge in [-0.2, -0.15) is 0 Å². The fourth-order valence-electron chi connectivity index (χ4n) is 4.06. The highest BCUT2D eigenvalue weighted by Crippen LogP contribution is 2.35. The molecule has 3 heterocycles. The summed E-state index contributed by atoms with van der Waals surface area (Å²) in [5.41, 5.74) is 1.82. The van der Waals surface area contributed by atoms with Crippen molar-refractivity contribution >= 4 is 44.9 Å². The monoisotopic (exact) mass is 472 g/mol. The summed E-state index contributed by atoms with van der Waals surface area (Å²) >= 11 is 9.29. The molecule has 31 heavy (non-hydrogen) atoms. The summed E-state index contributed by atoms with van der Waals surface area (Å²) in [6.07, 6.45) is 4.32. The maximum Gasteiger partial charge on any atom is 0.263 e. The van der Waals surface area contributed by atoms with E-state index in [9.17, 15) is 4.79 Å². The van der Waals surface area contributed by atoms with E-state index >= 15 is 0 Å². The number of hydrogen-bond acceptors (Lipinski definition) is 7. The van der Waals surface area contributed by atoms with Gasteiger partial charge in [0.15, 0.2) is 5.16 Å². The number of rotatable bonds is 5. The van der Waals surface area contributed by atoms with Crippen molar-refractivity contribution in [3.05, 3.63) is 56.0 Å². The first kappa shape index (κ1) is 20.7. The second kappa shape index (κ2) is 8.41. The Hall–Kier alpha value is -2.16. The molecule has 1 aliphatic rings. The van der Waals surface area contributed by atoms with Gasteiger partial charge in [-0.25, -0.2) is 4.98 Å². The summed E-state index contributed by atoms with van der Waals surface area (Å²) in [5.74, 6) is 1.30. The van der Waals surface area contributed by atoms with Gasteiger partial charge in [0.05, 0.1) is 21.7 Å². The van der Waals surface area contributed by atoms with E-state index in [1.165, 1.54) is 11.8 Å².